The second kappa shape index (κ2) is 7.76. The van der Waals surface area contributed by atoms with Crippen LogP contribution in [0.3, 0.4) is 0 Å². The van der Waals surface area contributed by atoms with E-state index in [9.17, 15) is 0 Å². The van der Waals surface area contributed by atoms with Crippen molar-refractivity contribution in [2.75, 3.05) is 0 Å². The molecule has 342 valence electrons. The number of benzene rings is 18. The normalized spacial score (nSPS) is 26.8. The fraction of sp³-hybridized carbons (Fsp3) is 0.100. The summed E-state index contributed by atoms with van der Waals surface area (Å²) in [6.45, 7) is 0. The zero-order valence-electron chi connectivity index (χ0n) is 41.8. The zero-order chi connectivity index (χ0) is 48.2. The maximum atomic E-state index is 2.65. The average Bonchev–Trinajstić information content (AvgIpc) is 4.15. The molecule has 0 amide bonds. The molecule has 0 radical (unpaired) electrons. The van der Waals surface area contributed by atoms with E-state index in [0.717, 1.165) is 12.8 Å². The van der Waals surface area contributed by atoms with Crippen molar-refractivity contribution in [2.45, 2.75) is 40.9 Å². The number of rotatable bonds is 5. The zero-order valence-corrected chi connectivity index (χ0v) is 41.8. The molecule has 0 saturated carbocycles. The molecule has 0 heterocycles. The first-order chi connectivity index (χ1) is 39.9. The molecule has 0 bridgehead atoms. The van der Waals surface area contributed by atoms with Crippen molar-refractivity contribution in [1.82, 2.24) is 0 Å². The van der Waals surface area contributed by atoms with Gasteiger partial charge in [0, 0.05) is 28.6 Å². The third kappa shape index (κ3) is 1.88. The van der Waals surface area contributed by atoms with Crippen LogP contribution in [-0.4, -0.2) is 0 Å². The molecule has 0 fully saturated rings. The predicted octanol–water partition coefficient (Wildman–Crippen LogP) is 19.1. The summed E-state index contributed by atoms with van der Waals surface area (Å²) in [6.07, 6.45) is 2.06. The van der Waals surface area contributed by atoms with Gasteiger partial charge in [-0.25, -0.2) is 0 Å². The fourth-order valence-corrected chi connectivity index (χ4v) is 28.4. The summed E-state index contributed by atoms with van der Waals surface area (Å²) in [5.41, 5.74) is 28.7. The minimum atomic E-state index is -0.434. The van der Waals surface area contributed by atoms with Crippen LogP contribution in [0.25, 0.3) is 215 Å². The van der Waals surface area contributed by atoms with Crippen LogP contribution in [0, 0.1) is 5.92 Å². The van der Waals surface area contributed by atoms with Crippen LogP contribution < -0.4 is 0 Å². The Bertz CT molecular complexity index is 7630. The highest BCUT2D eigenvalue weighted by atomic mass is 14.8. The lowest BCUT2D eigenvalue weighted by Gasteiger charge is -2.58. The minimum Gasteiger partial charge on any atom is -0.0622 e. The van der Waals surface area contributed by atoms with E-state index in [1.54, 1.807) is 271 Å². The molecule has 0 spiro atoms. The topological polar surface area (TPSA) is 0 Å². The second-order valence-corrected chi connectivity index (χ2v) is 29.2. The van der Waals surface area contributed by atoms with Crippen LogP contribution in [-0.2, 0) is 29.1 Å². The van der Waals surface area contributed by atoms with Crippen LogP contribution >= 0.6 is 0 Å². The Hall–Kier alpha value is -9.36. The van der Waals surface area contributed by atoms with Gasteiger partial charge in [0.25, 0.3) is 0 Å². The predicted molar refractivity (Wildman–Crippen MR) is 327 cm³/mol. The Kier molecular flexibility index (Phi) is 3.09. The summed E-state index contributed by atoms with van der Waals surface area (Å²) in [6, 6.07) is 36.8. The van der Waals surface area contributed by atoms with Crippen molar-refractivity contribution >= 4 is 215 Å². The van der Waals surface area contributed by atoms with Gasteiger partial charge in [0.1, 0.15) is 0 Å². The first kappa shape index (κ1) is 31.9. The van der Waals surface area contributed by atoms with Crippen LogP contribution in [0.1, 0.15) is 84.2 Å². The Morgan fingerprint density at radius 2 is 0.625 bits per heavy atom. The molecule has 80 heavy (non-hydrogen) atoms. The van der Waals surface area contributed by atoms with Crippen molar-refractivity contribution in [3.63, 3.8) is 0 Å². The molecule has 0 aliphatic heterocycles. The van der Waals surface area contributed by atoms with Crippen molar-refractivity contribution in [3.8, 4) is 0 Å². The molecule has 0 aromatic heterocycles. The lowest BCUT2D eigenvalue weighted by molar-refractivity contribution is 0.321. The monoisotopic (exact) mass is 982 g/mol. The van der Waals surface area contributed by atoms with Crippen molar-refractivity contribution in [3.05, 3.63) is 186 Å². The van der Waals surface area contributed by atoms with Gasteiger partial charge in [-0.1, -0.05) is 91.0 Å². The van der Waals surface area contributed by atoms with Crippen LogP contribution in [0.2, 0.25) is 0 Å². The Balaban J connectivity index is 1.07. The maximum absolute atomic E-state index is 2.65. The first-order valence-electron chi connectivity index (χ1n) is 30.2. The molecule has 24 aromatic carbocycles. The maximum Gasteiger partial charge on any atom is 0.0723 e. The van der Waals surface area contributed by atoms with E-state index in [0.29, 0.717) is 0 Å². The molecule has 6 unspecified atom stereocenters. The lowest BCUT2D eigenvalue weighted by Crippen LogP contribution is -2.55. The van der Waals surface area contributed by atoms with Gasteiger partial charge < -0.3 is 0 Å². The van der Waals surface area contributed by atoms with Crippen LogP contribution in [0.4, 0.5) is 0 Å². The highest BCUT2D eigenvalue weighted by Gasteiger charge is 2.78. The molecule has 0 nitrogen and oxygen atoms in total. The number of hydrogen-bond acceptors (Lipinski definition) is 0. The number of hydrogen-bond donors (Lipinski definition) is 0. The molecular weight excluding hydrogens is 961 g/mol. The van der Waals surface area contributed by atoms with E-state index in [1.165, 1.54) is 11.1 Å². The van der Waals surface area contributed by atoms with E-state index < -0.39 is 5.41 Å². The summed E-state index contributed by atoms with van der Waals surface area (Å²) >= 11 is 0. The van der Waals surface area contributed by atoms with Crippen molar-refractivity contribution in [2.24, 2.45) is 5.92 Å². The van der Waals surface area contributed by atoms with Crippen molar-refractivity contribution < 1.29 is 0 Å². The standard InChI is InChI=1S/C80H22/c1-4-10-18(11-5-1)16-78-69-59-49-43-29-27-22-21-23-25-26-24(21)32-34-28(22)30(29)44-46-45(43)57(59)66-68-58(46)60-50(44)48(34)52-38(32)42-36(26)41-40-35(25)39-37-31(23)33(27)47(49)51(37)61(69)63-53(39)54(40)64-65-55(41)56(42)67-62(52)70(60)80(20-14-8-3-9-15-20)75(67)73(65)79(72(64)71(63)78,77(74(66)78)76(68)80)17-19-12-6-2-7-13-19/h1-15,57-58,74H,16-17H2. The van der Waals surface area contributed by atoms with E-state index >= 15 is 0 Å². The molecule has 11 aliphatic rings. The third-order valence-electron chi connectivity index (χ3n) is 28.5. The Morgan fingerprint density at radius 3 is 1.12 bits per heavy atom. The highest BCUT2D eigenvalue weighted by molar-refractivity contribution is 6.77. The lowest BCUT2D eigenvalue weighted by atomic mass is 9.42. The highest BCUT2D eigenvalue weighted by Crippen LogP contribution is 2.90. The Morgan fingerprint density at radius 1 is 0.275 bits per heavy atom. The summed E-state index contributed by atoms with van der Waals surface area (Å²) in [5, 5.41) is 67.4. The van der Waals surface area contributed by atoms with Gasteiger partial charge in [0.05, 0.1) is 5.41 Å². The van der Waals surface area contributed by atoms with E-state index in [-0.39, 0.29) is 28.6 Å². The molecule has 24 aromatic rings. The summed E-state index contributed by atoms with van der Waals surface area (Å²) in [7, 11) is 0. The molecule has 6 atom stereocenters. The first-order valence-corrected chi connectivity index (χ1v) is 30.2. The molecule has 35 rings (SSSR count). The summed E-state index contributed by atoms with van der Waals surface area (Å²) in [4.78, 5) is 0. The van der Waals surface area contributed by atoms with Gasteiger partial charge in [-0.2, -0.15) is 0 Å². The van der Waals surface area contributed by atoms with E-state index in [4.69, 9.17) is 0 Å². The molecular formula is C80H22. The summed E-state index contributed by atoms with van der Waals surface area (Å²) < 4.78 is 0. The summed E-state index contributed by atoms with van der Waals surface area (Å²) in [5.74, 6) is 0.760. The van der Waals surface area contributed by atoms with Gasteiger partial charge in [0.15, 0.2) is 0 Å². The molecule has 0 saturated heterocycles. The Labute approximate surface area is 445 Å². The second-order valence-electron chi connectivity index (χ2n) is 29.2. The van der Waals surface area contributed by atoms with Crippen LogP contribution in [0.15, 0.2) is 113 Å². The molecule has 11 aliphatic carbocycles. The molecule has 0 N–H and O–H groups in total. The van der Waals surface area contributed by atoms with E-state index in [1.807, 2.05) is 27.9 Å². The largest absolute Gasteiger partial charge is 0.0723 e. The van der Waals surface area contributed by atoms with Gasteiger partial charge in [-0.3, -0.25) is 0 Å². The minimum absolute atomic E-state index is 0.245. The third-order valence-corrected chi connectivity index (χ3v) is 28.5. The number of allylic oxidation sites excluding steroid dienone is 4. The van der Waals surface area contributed by atoms with Gasteiger partial charge in [0.2, 0.25) is 0 Å². The SMILES string of the molecule is c1ccc(CC23C4=C5C6=C7C8c9c%10c%11c%12c(c%13c%14c%15c(c2c2c%16c3c3c%17c%18c(c8c8c9c9c%11c%11c%19c%12c%14c%12c%14c%15c2c2c%15c%16c%17c%16c%17c%18c8c8c9c%11c9c(c%19%12)c(c2%14)c(c%15%16)c9c8%17)C3(Cc2ccccc2)C74)C5%13c2ccccc2)C6%10)cc1. The van der Waals surface area contributed by atoms with Gasteiger partial charge in [-0.15, -0.1) is 0 Å². The average molecular weight is 983 g/mol. The van der Waals surface area contributed by atoms with Crippen molar-refractivity contribution in [1.29, 1.82) is 0 Å². The molecule has 0 heteroatoms. The smallest absolute Gasteiger partial charge is 0.0622 e. The fourth-order valence-electron chi connectivity index (χ4n) is 28.4. The van der Waals surface area contributed by atoms with E-state index in [2.05, 4.69) is 91.0 Å². The van der Waals surface area contributed by atoms with Gasteiger partial charge >= 0.3 is 0 Å². The van der Waals surface area contributed by atoms with Gasteiger partial charge in [-0.05, 0) is 323 Å². The van der Waals surface area contributed by atoms with Crippen LogP contribution in [0.5, 0.6) is 0 Å². The quantitative estimate of drug-likeness (QED) is 0.151.